The summed E-state index contributed by atoms with van der Waals surface area (Å²) >= 11 is 6.22. The number of halogens is 1. The minimum Gasteiger partial charge on any atom is -0.336 e. The van der Waals surface area contributed by atoms with E-state index in [9.17, 15) is 4.79 Å². The van der Waals surface area contributed by atoms with E-state index in [1.165, 1.54) is 5.56 Å². The molecule has 0 aliphatic carbocycles. The van der Waals surface area contributed by atoms with Crippen LogP contribution in [0.4, 0.5) is 5.69 Å². The lowest BCUT2D eigenvalue weighted by atomic mass is 9.80. The van der Waals surface area contributed by atoms with Gasteiger partial charge in [0.15, 0.2) is 0 Å². The number of hydrogen-bond acceptors (Lipinski definition) is 5. The van der Waals surface area contributed by atoms with Crippen molar-refractivity contribution in [3.05, 3.63) is 65.3 Å². The Bertz CT molecular complexity index is 1140. The van der Waals surface area contributed by atoms with Crippen LogP contribution in [0.3, 0.4) is 0 Å². The van der Waals surface area contributed by atoms with Gasteiger partial charge in [0.25, 0.3) is 0 Å². The first kappa shape index (κ1) is 20.2. The number of aromatic nitrogens is 3. The molecule has 30 heavy (non-hydrogen) atoms. The van der Waals surface area contributed by atoms with Crippen LogP contribution < -0.4 is 15.9 Å². The van der Waals surface area contributed by atoms with Crippen molar-refractivity contribution in [3.8, 4) is 0 Å². The van der Waals surface area contributed by atoms with Gasteiger partial charge >= 0.3 is 0 Å². The summed E-state index contributed by atoms with van der Waals surface area (Å²) < 4.78 is 1.76. The zero-order valence-corrected chi connectivity index (χ0v) is 18.1. The molecule has 156 valence electrons. The second-order valence-electron chi connectivity index (χ2n) is 7.62. The number of nitrogens with one attached hydrogen (secondary N) is 2. The highest BCUT2D eigenvalue weighted by Crippen LogP contribution is 2.49. The topological polar surface area (TPSA) is 75.1 Å². The van der Waals surface area contributed by atoms with Gasteiger partial charge in [0.1, 0.15) is 5.82 Å². The molecule has 2 N–H and O–H groups in total. The highest BCUT2D eigenvalue weighted by molar-refractivity contribution is 6.31. The molecule has 1 aliphatic rings. The van der Waals surface area contributed by atoms with E-state index >= 15 is 0 Å². The molecule has 1 amide bonds. The molecule has 0 spiro atoms. The van der Waals surface area contributed by atoms with Gasteiger partial charge in [-0.15, -0.1) is 0 Å². The quantitative estimate of drug-likeness (QED) is 0.578. The van der Waals surface area contributed by atoms with Gasteiger partial charge in [0.05, 0.1) is 29.5 Å². The molecule has 7 nitrogen and oxygen atoms in total. The van der Waals surface area contributed by atoms with Gasteiger partial charge in [-0.3, -0.25) is 15.2 Å². The van der Waals surface area contributed by atoms with E-state index in [2.05, 4.69) is 47.3 Å². The van der Waals surface area contributed by atoms with E-state index in [4.69, 9.17) is 16.6 Å². The van der Waals surface area contributed by atoms with E-state index in [0.717, 1.165) is 34.7 Å². The van der Waals surface area contributed by atoms with E-state index in [1.54, 1.807) is 17.7 Å². The molecular weight excluding hydrogens is 400 g/mol. The number of carbonyl (C=O) groups is 1. The lowest BCUT2D eigenvalue weighted by Gasteiger charge is -2.28. The zero-order valence-electron chi connectivity index (χ0n) is 17.4. The van der Waals surface area contributed by atoms with Crippen LogP contribution in [0.2, 0.25) is 5.02 Å². The number of hydrogen-bond donors (Lipinski definition) is 2. The molecule has 1 aliphatic heterocycles. The van der Waals surface area contributed by atoms with Crippen molar-refractivity contribution < 1.29 is 4.79 Å². The van der Waals surface area contributed by atoms with Gasteiger partial charge < -0.3 is 4.90 Å². The molecule has 1 atom stereocenters. The van der Waals surface area contributed by atoms with Gasteiger partial charge in [-0.05, 0) is 43.2 Å². The fraction of sp³-hybridized carbons (Fsp3) is 0.318. The summed E-state index contributed by atoms with van der Waals surface area (Å²) in [6.07, 6.45) is 4.99. The summed E-state index contributed by atoms with van der Waals surface area (Å²) in [5, 5.41) is 0.595. The lowest BCUT2D eigenvalue weighted by Crippen LogP contribution is -2.37. The first-order chi connectivity index (χ1) is 14.4. The summed E-state index contributed by atoms with van der Waals surface area (Å²) in [7, 11) is 0. The molecule has 0 saturated carbocycles. The summed E-state index contributed by atoms with van der Waals surface area (Å²) in [4.78, 5) is 23.1. The second kappa shape index (κ2) is 7.65. The average Bonchev–Trinajstić information content (AvgIpc) is 3.20. The minimum absolute atomic E-state index is 0.122. The Hall–Kier alpha value is -3.06. The Morgan fingerprint density at radius 3 is 2.83 bits per heavy atom. The van der Waals surface area contributed by atoms with E-state index in [-0.39, 0.29) is 11.3 Å². The van der Waals surface area contributed by atoms with Crippen LogP contribution in [-0.2, 0) is 16.8 Å². The maximum absolute atomic E-state index is 11.8. The fourth-order valence-corrected chi connectivity index (χ4v) is 4.09. The van der Waals surface area contributed by atoms with Crippen molar-refractivity contribution in [3.63, 3.8) is 0 Å². The number of nitrogens with zero attached hydrogens (tertiary/aromatic N) is 4. The van der Waals surface area contributed by atoms with Crippen LogP contribution in [-0.4, -0.2) is 20.6 Å². The van der Waals surface area contributed by atoms with E-state index < -0.39 is 0 Å². The van der Waals surface area contributed by atoms with E-state index in [0.29, 0.717) is 18.0 Å². The summed E-state index contributed by atoms with van der Waals surface area (Å²) in [6.45, 7) is 11.0. The van der Waals surface area contributed by atoms with Gasteiger partial charge in [-0.1, -0.05) is 32.0 Å². The van der Waals surface area contributed by atoms with Gasteiger partial charge in [0.2, 0.25) is 5.91 Å². The summed E-state index contributed by atoms with van der Waals surface area (Å²) in [6, 6.07) is 7.55. The van der Waals surface area contributed by atoms with Crippen molar-refractivity contribution in [1.82, 2.24) is 20.1 Å². The molecule has 3 aromatic rings. The third kappa shape index (κ3) is 3.19. The van der Waals surface area contributed by atoms with Crippen LogP contribution in [0.5, 0.6) is 0 Å². The first-order valence-corrected chi connectivity index (χ1v) is 10.4. The molecule has 1 aromatic carbocycles. The van der Waals surface area contributed by atoms with Crippen molar-refractivity contribution >= 4 is 34.2 Å². The molecule has 8 heteroatoms. The highest BCUT2D eigenvalue weighted by atomic mass is 35.5. The highest BCUT2D eigenvalue weighted by Gasteiger charge is 2.41. The SMILES string of the molecule is C=C1N(Cc2nc3ccc(Cl)cc3n2NNC(=O)CC)c2cnccc2C1(C)CC. The van der Waals surface area contributed by atoms with E-state index in [1.807, 2.05) is 24.5 Å². The number of imidazole rings is 1. The minimum atomic E-state index is -0.164. The first-order valence-electron chi connectivity index (χ1n) is 10.0. The molecular formula is C22H25ClN6O. The van der Waals surface area contributed by atoms with Crippen LogP contribution in [0.25, 0.3) is 11.0 Å². The maximum atomic E-state index is 11.8. The number of anilines is 1. The Morgan fingerprint density at radius 2 is 2.10 bits per heavy atom. The normalized spacial score (nSPS) is 18.0. The van der Waals surface area contributed by atoms with Crippen LogP contribution >= 0.6 is 11.6 Å². The largest absolute Gasteiger partial charge is 0.336 e. The molecule has 3 heterocycles. The average molecular weight is 425 g/mol. The second-order valence-corrected chi connectivity index (χ2v) is 8.06. The predicted octanol–water partition coefficient (Wildman–Crippen LogP) is 4.27. The number of benzene rings is 1. The maximum Gasteiger partial charge on any atom is 0.239 e. The monoisotopic (exact) mass is 424 g/mol. The summed E-state index contributed by atoms with van der Waals surface area (Å²) in [5.41, 5.74) is 10.3. The number of allylic oxidation sites excluding steroid dienone is 1. The van der Waals surface area contributed by atoms with Gasteiger partial charge in [-0.25, -0.2) is 15.2 Å². The molecule has 0 bridgehead atoms. The Kier molecular flexibility index (Phi) is 5.15. The standard InChI is InChI=1S/C22H25ClN6O/c1-5-21(30)26-27-29-18-11-15(23)7-8-17(18)25-20(29)13-28-14(3)22(4,6-2)16-9-10-24-12-19(16)28/h7-12,27H,3,5-6,13H2,1-2,4H3,(H,26,30). The number of carbonyl (C=O) groups excluding carboxylic acids is 1. The Morgan fingerprint density at radius 1 is 1.30 bits per heavy atom. The van der Waals surface area contributed by atoms with Crippen LogP contribution in [0.15, 0.2) is 48.9 Å². The van der Waals surface area contributed by atoms with Crippen LogP contribution in [0.1, 0.15) is 45.0 Å². The Labute approximate surface area is 180 Å². The molecule has 2 aromatic heterocycles. The lowest BCUT2D eigenvalue weighted by molar-refractivity contribution is -0.120. The van der Waals surface area contributed by atoms with Crippen molar-refractivity contribution in [2.45, 2.75) is 45.6 Å². The molecule has 0 saturated heterocycles. The summed E-state index contributed by atoms with van der Waals surface area (Å²) in [5.74, 6) is 0.600. The number of fused-ring (bicyclic) bond motifs is 2. The number of amides is 1. The molecule has 0 radical (unpaired) electrons. The predicted molar refractivity (Wildman–Crippen MR) is 120 cm³/mol. The van der Waals surface area contributed by atoms with Crippen molar-refractivity contribution in [2.24, 2.45) is 0 Å². The molecule has 4 rings (SSSR count). The van der Waals surface area contributed by atoms with Crippen molar-refractivity contribution in [1.29, 1.82) is 0 Å². The third-order valence-corrected chi connectivity index (χ3v) is 6.20. The molecule has 0 fully saturated rings. The fourth-order valence-electron chi connectivity index (χ4n) is 3.92. The number of hydrazine groups is 1. The van der Waals surface area contributed by atoms with Crippen LogP contribution in [0, 0.1) is 0 Å². The Balaban J connectivity index is 1.77. The smallest absolute Gasteiger partial charge is 0.239 e. The number of pyridine rings is 1. The van der Waals surface area contributed by atoms with Gasteiger partial charge in [-0.2, -0.15) is 0 Å². The van der Waals surface area contributed by atoms with Gasteiger partial charge in [0, 0.05) is 28.8 Å². The third-order valence-electron chi connectivity index (χ3n) is 5.97. The zero-order chi connectivity index (χ0) is 21.5. The molecule has 1 unspecified atom stereocenters. The van der Waals surface area contributed by atoms with Crippen molar-refractivity contribution in [2.75, 3.05) is 10.4 Å². The number of rotatable bonds is 6.